The smallest absolute Gasteiger partial charge is 0.325 e. The van der Waals surface area contributed by atoms with E-state index in [1.54, 1.807) is 0 Å². The largest absolute Gasteiger partial charge is 0.480 e. The summed E-state index contributed by atoms with van der Waals surface area (Å²) in [5.41, 5.74) is 0. The third-order valence-corrected chi connectivity index (χ3v) is 2.56. The molecule has 0 aliphatic carbocycles. The average Bonchev–Trinajstić information content (AvgIpc) is 2.52. The van der Waals surface area contributed by atoms with E-state index in [9.17, 15) is 4.79 Å². The highest BCUT2D eigenvalue weighted by Gasteiger charge is 2.08. The SMILES string of the molecule is CCCCSc1nnnn1CC(=O)O. The van der Waals surface area contributed by atoms with Crippen LogP contribution in [0.5, 0.6) is 0 Å². The monoisotopic (exact) mass is 216 g/mol. The van der Waals surface area contributed by atoms with Gasteiger partial charge in [-0.05, 0) is 16.8 Å². The van der Waals surface area contributed by atoms with Gasteiger partial charge in [-0.25, -0.2) is 4.68 Å². The minimum Gasteiger partial charge on any atom is -0.480 e. The first-order valence-electron chi connectivity index (χ1n) is 4.34. The fourth-order valence-corrected chi connectivity index (χ4v) is 1.79. The summed E-state index contributed by atoms with van der Waals surface area (Å²) in [7, 11) is 0. The second-order valence-electron chi connectivity index (χ2n) is 2.71. The molecule has 0 radical (unpaired) electrons. The fraction of sp³-hybridized carbons (Fsp3) is 0.714. The van der Waals surface area contributed by atoms with Crippen LogP contribution in [0.4, 0.5) is 0 Å². The van der Waals surface area contributed by atoms with Crippen molar-refractivity contribution in [2.75, 3.05) is 5.75 Å². The van der Waals surface area contributed by atoms with Gasteiger partial charge in [0.05, 0.1) is 0 Å². The molecule has 0 aliphatic heterocycles. The summed E-state index contributed by atoms with van der Waals surface area (Å²) in [6.45, 7) is 1.92. The molecule has 1 rings (SSSR count). The summed E-state index contributed by atoms with van der Waals surface area (Å²) in [4.78, 5) is 10.4. The molecule has 1 heterocycles. The topological polar surface area (TPSA) is 80.9 Å². The minimum atomic E-state index is -0.936. The molecule has 0 unspecified atom stereocenters. The number of aliphatic carboxylic acids is 1. The van der Waals surface area contributed by atoms with E-state index in [1.165, 1.54) is 16.4 Å². The van der Waals surface area contributed by atoms with Crippen LogP contribution < -0.4 is 0 Å². The molecule has 1 N–H and O–H groups in total. The van der Waals surface area contributed by atoms with Crippen LogP contribution in [-0.4, -0.2) is 37.0 Å². The van der Waals surface area contributed by atoms with E-state index >= 15 is 0 Å². The predicted octanol–water partition coefficient (Wildman–Crippen LogP) is 0.650. The van der Waals surface area contributed by atoms with Crippen molar-refractivity contribution in [2.45, 2.75) is 31.5 Å². The van der Waals surface area contributed by atoms with Gasteiger partial charge < -0.3 is 5.11 Å². The lowest BCUT2D eigenvalue weighted by Gasteiger charge is -1.99. The highest BCUT2D eigenvalue weighted by Crippen LogP contribution is 2.14. The first kappa shape index (κ1) is 11.0. The Balaban J connectivity index is 2.49. The molecule has 14 heavy (non-hydrogen) atoms. The van der Waals surface area contributed by atoms with Crippen LogP contribution in [0.25, 0.3) is 0 Å². The van der Waals surface area contributed by atoms with Crippen LogP contribution >= 0.6 is 11.8 Å². The van der Waals surface area contributed by atoms with Crippen molar-refractivity contribution >= 4 is 17.7 Å². The van der Waals surface area contributed by atoms with E-state index in [4.69, 9.17) is 5.11 Å². The molecule has 0 bridgehead atoms. The zero-order chi connectivity index (χ0) is 10.4. The van der Waals surface area contributed by atoms with E-state index in [2.05, 4.69) is 22.4 Å². The van der Waals surface area contributed by atoms with Crippen molar-refractivity contribution in [3.8, 4) is 0 Å². The number of hydrogen-bond acceptors (Lipinski definition) is 5. The Hall–Kier alpha value is -1.11. The molecular formula is C7H12N4O2S. The summed E-state index contributed by atoms with van der Waals surface area (Å²) in [5, 5.41) is 19.9. The van der Waals surface area contributed by atoms with Crippen LogP contribution in [0.2, 0.25) is 0 Å². The van der Waals surface area contributed by atoms with Crippen LogP contribution in [0.1, 0.15) is 19.8 Å². The van der Waals surface area contributed by atoms with Gasteiger partial charge in [-0.15, -0.1) is 5.10 Å². The standard InChI is InChI=1S/C7H12N4O2S/c1-2-3-4-14-7-8-9-10-11(7)5-6(12)13/h2-5H2,1H3,(H,12,13). The molecule has 0 spiro atoms. The maximum absolute atomic E-state index is 10.4. The molecule has 1 aromatic rings. The molecule has 6 nitrogen and oxygen atoms in total. The molecule has 78 valence electrons. The van der Waals surface area contributed by atoms with Crippen molar-refractivity contribution in [2.24, 2.45) is 0 Å². The van der Waals surface area contributed by atoms with E-state index in [0.717, 1.165) is 18.6 Å². The van der Waals surface area contributed by atoms with Crippen molar-refractivity contribution in [3.63, 3.8) is 0 Å². The number of aromatic nitrogens is 4. The number of nitrogens with zero attached hydrogens (tertiary/aromatic N) is 4. The summed E-state index contributed by atoms with van der Waals surface area (Å²) >= 11 is 1.48. The molecule has 0 atom stereocenters. The number of rotatable bonds is 6. The maximum Gasteiger partial charge on any atom is 0.325 e. The zero-order valence-corrected chi connectivity index (χ0v) is 8.70. The first-order chi connectivity index (χ1) is 6.74. The van der Waals surface area contributed by atoms with Gasteiger partial charge in [-0.2, -0.15) is 0 Å². The molecule has 0 aliphatic rings. The minimum absolute atomic E-state index is 0.179. The number of carboxylic acids is 1. The van der Waals surface area contributed by atoms with Crippen molar-refractivity contribution in [3.05, 3.63) is 0 Å². The van der Waals surface area contributed by atoms with Crippen molar-refractivity contribution < 1.29 is 9.90 Å². The highest BCUT2D eigenvalue weighted by molar-refractivity contribution is 7.99. The van der Waals surface area contributed by atoms with E-state index in [-0.39, 0.29) is 6.54 Å². The van der Waals surface area contributed by atoms with Crippen molar-refractivity contribution in [1.29, 1.82) is 0 Å². The molecule has 1 aromatic heterocycles. The number of hydrogen-bond donors (Lipinski definition) is 1. The number of tetrazole rings is 1. The normalized spacial score (nSPS) is 10.4. The van der Waals surface area contributed by atoms with E-state index in [1.807, 2.05) is 0 Å². The van der Waals surface area contributed by atoms with Gasteiger partial charge >= 0.3 is 5.97 Å². The second kappa shape index (κ2) is 5.58. The first-order valence-corrected chi connectivity index (χ1v) is 5.33. The Labute approximate surface area is 85.7 Å². The van der Waals surface area contributed by atoms with Crippen LogP contribution in [-0.2, 0) is 11.3 Å². The predicted molar refractivity (Wildman–Crippen MR) is 51.1 cm³/mol. The Morgan fingerprint density at radius 2 is 2.43 bits per heavy atom. The summed E-state index contributed by atoms with van der Waals surface area (Å²) in [6, 6.07) is 0. The van der Waals surface area contributed by atoms with Crippen LogP contribution in [0.3, 0.4) is 0 Å². The van der Waals surface area contributed by atoms with E-state index in [0.29, 0.717) is 5.16 Å². The third-order valence-electron chi connectivity index (χ3n) is 1.51. The summed E-state index contributed by atoms with van der Waals surface area (Å²) in [6.07, 6.45) is 2.18. The Morgan fingerprint density at radius 3 is 3.07 bits per heavy atom. The highest BCUT2D eigenvalue weighted by atomic mass is 32.2. The second-order valence-corrected chi connectivity index (χ2v) is 3.78. The Bertz CT molecular complexity index is 302. The average molecular weight is 216 g/mol. The van der Waals surface area contributed by atoms with Gasteiger partial charge in [0.25, 0.3) is 0 Å². The van der Waals surface area contributed by atoms with Crippen LogP contribution in [0, 0.1) is 0 Å². The van der Waals surface area contributed by atoms with Gasteiger partial charge in [0, 0.05) is 5.75 Å². The molecule has 0 fully saturated rings. The lowest BCUT2D eigenvalue weighted by molar-refractivity contribution is -0.138. The van der Waals surface area contributed by atoms with Gasteiger partial charge in [-0.3, -0.25) is 4.79 Å². The number of carboxylic acid groups (broad SMARTS) is 1. The number of unbranched alkanes of at least 4 members (excludes halogenated alkanes) is 1. The molecule has 0 aromatic carbocycles. The molecule has 7 heteroatoms. The molecule has 0 saturated carbocycles. The summed E-state index contributed by atoms with van der Waals surface area (Å²) < 4.78 is 1.29. The Kier molecular flexibility index (Phi) is 4.37. The number of carbonyl (C=O) groups is 1. The van der Waals surface area contributed by atoms with Gasteiger partial charge in [0.15, 0.2) is 0 Å². The molecular weight excluding hydrogens is 204 g/mol. The maximum atomic E-state index is 10.4. The lowest BCUT2D eigenvalue weighted by atomic mass is 10.4. The van der Waals surface area contributed by atoms with Crippen molar-refractivity contribution in [1.82, 2.24) is 20.2 Å². The lowest BCUT2D eigenvalue weighted by Crippen LogP contribution is -2.11. The van der Waals surface area contributed by atoms with Gasteiger partial charge in [0.2, 0.25) is 5.16 Å². The van der Waals surface area contributed by atoms with Gasteiger partial charge in [0.1, 0.15) is 6.54 Å². The van der Waals surface area contributed by atoms with Gasteiger partial charge in [-0.1, -0.05) is 25.1 Å². The molecule has 0 amide bonds. The Morgan fingerprint density at radius 1 is 1.64 bits per heavy atom. The molecule has 0 saturated heterocycles. The number of thioether (sulfide) groups is 1. The quantitative estimate of drug-likeness (QED) is 0.555. The third kappa shape index (κ3) is 3.33. The summed E-state index contributed by atoms with van der Waals surface area (Å²) in [5.74, 6) is -0.0223. The fourth-order valence-electron chi connectivity index (χ4n) is 0.835. The zero-order valence-electron chi connectivity index (χ0n) is 7.88. The van der Waals surface area contributed by atoms with E-state index < -0.39 is 5.97 Å². The van der Waals surface area contributed by atoms with Crippen LogP contribution in [0.15, 0.2) is 5.16 Å².